The van der Waals surface area contributed by atoms with Gasteiger partial charge in [0, 0.05) is 18.5 Å². The number of morpholine rings is 1. The summed E-state index contributed by atoms with van der Waals surface area (Å²) in [5.41, 5.74) is 1.02. The van der Waals surface area contributed by atoms with Gasteiger partial charge < -0.3 is 14.7 Å². The van der Waals surface area contributed by atoms with Gasteiger partial charge in [0.15, 0.2) is 5.13 Å². The number of hydrogen-bond donors (Lipinski definition) is 1. The van der Waals surface area contributed by atoms with Crippen molar-refractivity contribution >= 4 is 16.5 Å². The molecule has 2 unspecified atom stereocenters. The number of thiazole rings is 1. The van der Waals surface area contributed by atoms with E-state index in [9.17, 15) is 5.11 Å². The number of anilines is 1. The highest BCUT2D eigenvalue weighted by Crippen LogP contribution is 2.36. The lowest BCUT2D eigenvalue weighted by molar-refractivity contribution is 0.0304. The van der Waals surface area contributed by atoms with E-state index in [0.717, 1.165) is 28.8 Å². The molecule has 19 heavy (non-hydrogen) atoms. The van der Waals surface area contributed by atoms with Crippen molar-refractivity contribution < 1.29 is 9.84 Å². The van der Waals surface area contributed by atoms with Crippen LogP contribution in [0.25, 0.3) is 0 Å². The van der Waals surface area contributed by atoms with Crippen molar-refractivity contribution in [3.8, 4) is 0 Å². The first-order chi connectivity index (χ1) is 8.97. The predicted octanol–water partition coefficient (Wildman–Crippen LogP) is 2.30. The third-order valence-corrected chi connectivity index (χ3v) is 4.96. The van der Waals surface area contributed by atoms with E-state index < -0.39 is 0 Å². The van der Waals surface area contributed by atoms with E-state index in [0.29, 0.717) is 12.2 Å². The summed E-state index contributed by atoms with van der Waals surface area (Å²) in [4.78, 5) is 8.14. The van der Waals surface area contributed by atoms with Gasteiger partial charge in [0.1, 0.15) is 0 Å². The summed E-state index contributed by atoms with van der Waals surface area (Å²) in [6, 6.07) is 0. The third kappa shape index (κ3) is 2.51. The summed E-state index contributed by atoms with van der Waals surface area (Å²) in [5, 5.41) is 10.6. The summed E-state index contributed by atoms with van der Waals surface area (Å²) in [6.07, 6.45) is 3.09. The van der Waals surface area contributed by atoms with Crippen LogP contribution in [0.15, 0.2) is 0 Å². The van der Waals surface area contributed by atoms with Gasteiger partial charge in [-0.3, -0.25) is 0 Å². The number of fused-ring (bicyclic) bond motifs is 2. The fourth-order valence-corrected chi connectivity index (χ4v) is 4.09. The van der Waals surface area contributed by atoms with Crippen LogP contribution in [-0.4, -0.2) is 35.4 Å². The van der Waals surface area contributed by atoms with Gasteiger partial charge in [0.05, 0.1) is 29.4 Å². The first-order valence-corrected chi connectivity index (χ1v) is 7.80. The molecule has 2 bridgehead atoms. The molecule has 2 fully saturated rings. The molecule has 0 saturated carbocycles. The van der Waals surface area contributed by atoms with Crippen molar-refractivity contribution in [1.82, 2.24) is 4.98 Å². The Balaban J connectivity index is 1.87. The third-order valence-electron chi connectivity index (χ3n) is 3.85. The molecule has 0 amide bonds. The molecule has 3 heterocycles. The van der Waals surface area contributed by atoms with Crippen LogP contribution in [0.2, 0.25) is 0 Å². The highest BCUT2D eigenvalue weighted by atomic mass is 32.1. The molecule has 106 valence electrons. The number of ether oxygens (including phenoxy) is 1. The molecule has 2 atom stereocenters. The average Bonchev–Trinajstić information content (AvgIpc) is 2.92. The molecule has 1 N–H and O–H groups in total. The van der Waals surface area contributed by atoms with Gasteiger partial charge in [-0.1, -0.05) is 32.1 Å². The Morgan fingerprint density at radius 2 is 1.95 bits per heavy atom. The SMILES string of the molecule is CC(C)(C)c1nc(N2CC3CCC(C2)O3)sc1CO. The van der Waals surface area contributed by atoms with Gasteiger partial charge in [-0.2, -0.15) is 0 Å². The minimum Gasteiger partial charge on any atom is -0.391 e. The zero-order chi connectivity index (χ0) is 13.6. The summed E-state index contributed by atoms with van der Waals surface area (Å²) >= 11 is 1.63. The number of hydrogen-bond acceptors (Lipinski definition) is 5. The minimum absolute atomic E-state index is 0.0158. The normalized spacial score (nSPS) is 27.1. The topological polar surface area (TPSA) is 45.6 Å². The van der Waals surface area contributed by atoms with E-state index in [1.165, 1.54) is 12.8 Å². The number of rotatable bonds is 2. The molecular weight excluding hydrogens is 260 g/mol. The van der Waals surface area contributed by atoms with Crippen molar-refractivity contribution in [2.75, 3.05) is 18.0 Å². The number of nitrogens with zero attached hydrogens (tertiary/aromatic N) is 2. The molecule has 0 spiro atoms. The maximum atomic E-state index is 9.54. The van der Waals surface area contributed by atoms with Gasteiger partial charge in [-0.05, 0) is 12.8 Å². The number of aromatic nitrogens is 1. The Kier molecular flexibility index (Phi) is 3.31. The van der Waals surface area contributed by atoms with E-state index in [4.69, 9.17) is 9.72 Å². The first kappa shape index (κ1) is 13.3. The van der Waals surface area contributed by atoms with Crippen molar-refractivity contribution in [1.29, 1.82) is 0 Å². The standard InChI is InChI=1S/C14H22N2O2S/c1-14(2,3)12-11(8-17)19-13(15-12)16-6-9-4-5-10(7-16)18-9/h9-10,17H,4-8H2,1-3H3. The van der Waals surface area contributed by atoms with Crippen LogP contribution in [0.4, 0.5) is 5.13 Å². The van der Waals surface area contributed by atoms with Crippen LogP contribution < -0.4 is 4.90 Å². The lowest BCUT2D eigenvalue weighted by Crippen LogP contribution is -2.42. The van der Waals surface area contributed by atoms with Gasteiger partial charge in [0.2, 0.25) is 0 Å². The van der Waals surface area contributed by atoms with Crippen molar-refractivity contribution in [3.05, 3.63) is 10.6 Å². The molecule has 1 aromatic heterocycles. The van der Waals surface area contributed by atoms with Crippen LogP contribution in [-0.2, 0) is 16.8 Å². The fourth-order valence-electron chi connectivity index (χ4n) is 2.94. The predicted molar refractivity (Wildman–Crippen MR) is 76.8 cm³/mol. The summed E-state index contributed by atoms with van der Waals surface area (Å²) in [7, 11) is 0. The molecule has 0 radical (unpaired) electrons. The fraction of sp³-hybridized carbons (Fsp3) is 0.786. The zero-order valence-corrected chi connectivity index (χ0v) is 12.7. The molecule has 3 rings (SSSR count). The van der Waals surface area contributed by atoms with Crippen LogP contribution >= 0.6 is 11.3 Å². The first-order valence-electron chi connectivity index (χ1n) is 6.99. The van der Waals surface area contributed by atoms with Crippen molar-refractivity contribution in [3.63, 3.8) is 0 Å². The largest absolute Gasteiger partial charge is 0.391 e. The Morgan fingerprint density at radius 1 is 1.32 bits per heavy atom. The lowest BCUT2D eigenvalue weighted by Gasteiger charge is -2.31. The second-order valence-corrected chi connectivity index (χ2v) is 7.60. The van der Waals surface area contributed by atoms with E-state index in [-0.39, 0.29) is 12.0 Å². The van der Waals surface area contributed by atoms with Gasteiger partial charge in [-0.25, -0.2) is 4.98 Å². The summed E-state index contributed by atoms with van der Waals surface area (Å²) in [6.45, 7) is 8.41. The molecule has 2 saturated heterocycles. The molecule has 4 nitrogen and oxygen atoms in total. The van der Waals surface area contributed by atoms with E-state index in [1.54, 1.807) is 11.3 Å². The zero-order valence-electron chi connectivity index (χ0n) is 11.8. The molecule has 0 aliphatic carbocycles. The molecular formula is C14H22N2O2S. The highest BCUT2D eigenvalue weighted by Gasteiger charge is 2.35. The summed E-state index contributed by atoms with van der Waals surface area (Å²) < 4.78 is 5.87. The number of aliphatic hydroxyl groups excluding tert-OH is 1. The minimum atomic E-state index is -0.0158. The van der Waals surface area contributed by atoms with E-state index >= 15 is 0 Å². The van der Waals surface area contributed by atoms with Crippen molar-refractivity contribution in [2.24, 2.45) is 0 Å². The van der Waals surface area contributed by atoms with Gasteiger partial charge in [-0.15, -0.1) is 0 Å². The van der Waals surface area contributed by atoms with Crippen LogP contribution in [0, 0.1) is 0 Å². The Bertz CT molecular complexity index is 455. The quantitative estimate of drug-likeness (QED) is 0.904. The Morgan fingerprint density at radius 3 is 2.42 bits per heavy atom. The van der Waals surface area contributed by atoms with Crippen molar-refractivity contribution in [2.45, 2.75) is 57.8 Å². The number of aliphatic hydroxyl groups is 1. The molecule has 5 heteroatoms. The monoisotopic (exact) mass is 282 g/mol. The molecule has 1 aromatic rings. The lowest BCUT2D eigenvalue weighted by atomic mass is 9.91. The summed E-state index contributed by atoms with van der Waals surface area (Å²) in [5.74, 6) is 0. The van der Waals surface area contributed by atoms with Gasteiger partial charge >= 0.3 is 0 Å². The smallest absolute Gasteiger partial charge is 0.186 e. The maximum Gasteiger partial charge on any atom is 0.186 e. The van der Waals surface area contributed by atoms with Crippen LogP contribution in [0.3, 0.4) is 0 Å². The maximum absolute atomic E-state index is 9.54. The van der Waals surface area contributed by atoms with Gasteiger partial charge in [0.25, 0.3) is 0 Å². The Hall–Kier alpha value is -0.650. The van der Waals surface area contributed by atoms with E-state index in [1.807, 2.05) is 0 Å². The van der Waals surface area contributed by atoms with Crippen LogP contribution in [0.5, 0.6) is 0 Å². The van der Waals surface area contributed by atoms with Crippen LogP contribution in [0.1, 0.15) is 44.2 Å². The molecule has 0 aromatic carbocycles. The second-order valence-electron chi connectivity index (χ2n) is 6.54. The van der Waals surface area contributed by atoms with E-state index in [2.05, 4.69) is 25.7 Å². The average molecular weight is 282 g/mol. The highest BCUT2D eigenvalue weighted by molar-refractivity contribution is 7.15. The Labute approximate surface area is 118 Å². The molecule has 2 aliphatic rings. The molecule has 2 aliphatic heterocycles. The second kappa shape index (κ2) is 4.72.